The van der Waals surface area contributed by atoms with Gasteiger partial charge >= 0.3 is 0 Å². The predicted octanol–water partition coefficient (Wildman–Crippen LogP) is 4.93. The molecule has 0 bridgehead atoms. The third kappa shape index (κ3) is 3.50. The predicted molar refractivity (Wildman–Crippen MR) is 130 cm³/mol. The molecule has 1 unspecified atom stereocenters. The van der Waals surface area contributed by atoms with Crippen molar-refractivity contribution in [3.63, 3.8) is 0 Å². The SMILES string of the molecule is C=S1CCc2nc(N3CCC(c4cc5ccccc5o4)CC3)nc(NC3(CN=O)CC3)c21. The molecule has 32 heavy (non-hydrogen) atoms. The molecule has 1 N–H and O–H groups in total. The van der Waals surface area contributed by atoms with Crippen molar-refractivity contribution in [1.82, 2.24) is 9.97 Å². The molecule has 3 aromatic rings. The molecule has 3 aliphatic rings. The van der Waals surface area contributed by atoms with Gasteiger partial charge in [-0.2, -0.15) is 20.4 Å². The van der Waals surface area contributed by atoms with Gasteiger partial charge in [0.2, 0.25) is 5.95 Å². The highest BCUT2D eigenvalue weighted by molar-refractivity contribution is 8.14. The van der Waals surface area contributed by atoms with Crippen molar-refractivity contribution in [1.29, 1.82) is 0 Å². The van der Waals surface area contributed by atoms with E-state index >= 15 is 0 Å². The van der Waals surface area contributed by atoms with E-state index < -0.39 is 0 Å². The maximum Gasteiger partial charge on any atom is 0.227 e. The molecule has 0 radical (unpaired) electrons. The summed E-state index contributed by atoms with van der Waals surface area (Å²) >= 11 is 0. The zero-order chi connectivity index (χ0) is 21.7. The molecule has 2 fully saturated rings. The summed E-state index contributed by atoms with van der Waals surface area (Å²) in [5.41, 5.74) is 1.86. The Bertz CT molecular complexity index is 1180. The van der Waals surface area contributed by atoms with Crippen LogP contribution < -0.4 is 10.2 Å². The number of nitrogens with one attached hydrogen (secondary N) is 1. The number of para-hydroxylation sites is 1. The van der Waals surface area contributed by atoms with E-state index in [0.717, 1.165) is 84.6 Å². The van der Waals surface area contributed by atoms with Gasteiger partial charge in [-0.3, -0.25) is 0 Å². The molecule has 1 saturated carbocycles. The van der Waals surface area contributed by atoms with E-state index in [2.05, 4.69) is 39.5 Å². The van der Waals surface area contributed by atoms with Crippen LogP contribution in [0.3, 0.4) is 0 Å². The van der Waals surface area contributed by atoms with Crippen molar-refractivity contribution in [3.8, 4) is 0 Å². The molecular weight excluding hydrogens is 422 g/mol. The lowest BCUT2D eigenvalue weighted by Gasteiger charge is -2.32. The Labute approximate surface area is 189 Å². The van der Waals surface area contributed by atoms with Crippen molar-refractivity contribution in [2.75, 3.05) is 35.6 Å². The van der Waals surface area contributed by atoms with Gasteiger partial charge in [-0.05, 0) is 50.0 Å². The number of piperidine rings is 1. The highest BCUT2D eigenvalue weighted by atomic mass is 32.2. The smallest absolute Gasteiger partial charge is 0.227 e. The lowest BCUT2D eigenvalue weighted by atomic mass is 9.94. The van der Waals surface area contributed by atoms with Crippen molar-refractivity contribution < 1.29 is 4.42 Å². The summed E-state index contributed by atoms with van der Waals surface area (Å²) in [6.07, 6.45) is 4.89. The number of fused-ring (bicyclic) bond motifs is 2. The normalized spacial score (nSPS) is 22.1. The second-order valence-corrected chi connectivity index (χ2v) is 11.0. The standard InChI is InChI=1S/C24H27N5O2S/c1-32-13-8-18-21(32)22(28-24(9-10-24)15-25-30)27-23(26-18)29-11-6-16(7-12-29)20-14-17-4-2-3-5-19(17)31-20/h2-5,14,16H,1,6-13,15H2,(H,26,27,28). The topological polar surface area (TPSA) is 83.6 Å². The molecule has 2 aliphatic heterocycles. The van der Waals surface area contributed by atoms with E-state index in [1.54, 1.807) is 0 Å². The second-order valence-electron chi connectivity index (χ2n) is 9.24. The minimum Gasteiger partial charge on any atom is -0.461 e. The van der Waals surface area contributed by atoms with Crippen LogP contribution in [-0.2, 0) is 6.42 Å². The Morgan fingerprint density at radius 3 is 2.81 bits per heavy atom. The molecule has 0 amide bonds. The van der Waals surface area contributed by atoms with Crippen LogP contribution in [0.15, 0.2) is 44.8 Å². The van der Waals surface area contributed by atoms with E-state index in [9.17, 15) is 4.91 Å². The van der Waals surface area contributed by atoms with Gasteiger partial charge in [0.15, 0.2) is 0 Å². The molecule has 0 spiro atoms. The van der Waals surface area contributed by atoms with Gasteiger partial charge in [-0.25, -0.2) is 4.98 Å². The largest absolute Gasteiger partial charge is 0.461 e. The van der Waals surface area contributed by atoms with Crippen molar-refractivity contribution in [2.45, 2.75) is 48.5 Å². The summed E-state index contributed by atoms with van der Waals surface area (Å²) in [5, 5.41) is 7.90. The summed E-state index contributed by atoms with van der Waals surface area (Å²) in [6, 6.07) is 10.4. The minimum absolute atomic E-state index is 0.0991. The molecule has 166 valence electrons. The average molecular weight is 450 g/mol. The van der Waals surface area contributed by atoms with Gasteiger partial charge < -0.3 is 14.6 Å². The first-order valence-electron chi connectivity index (χ1n) is 11.4. The molecule has 6 rings (SSSR count). The van der Waals surface area contributed by atoms with Gasteiger partial charge in [-0.15, -0.1) is 0 Å². The maximum atomic E-state index is 10.9. The summed E-state index contributed by atoms with van der Waals surface area (Å²) < 4.78 is 6.12. The van der Waals surface area contributed by atoms with Gasteiger partial charge in [0.25, 0.3) is 0 Å². The number of furan rings is 1. The Kier molecular flexibility index (Phi) is 4.78. The number of nitroso groups, excluding NO2 is 1. The van der Waals surface area contributed by atoms with Gasteiger partial charge in [-0.1, -0.05) is 29.2 Å². The molecule has 4 heterocycles. The number of hydrogen-bond donors (Lipinski definition) is 1. The average Bonchev–Trinajstić information content (AvgIpc) is 3.25. The molecule has 1 saturated heterocycles. The highest BCUT2D eigenvalue weighted by Crippen LogP contribution is 2.46. The van der Waals surface area contributed by atoms with E-state index in [1.165, 1.54) is 5.39 Å². The summed E-state index contributed by atoms with van der Waals surface area (Å²) in [6.45, 7) is 2.09. The van der Waals surface area contributed by atoms with Crippen LogP contribution in [0.5, 0.6) is 0 Å². The quantitative estimate of drug-likeness (QED) is 0.424. The first kappa shape index (κ1) is 19.9. The maximum absolute atomic E-state index is 10.9. The summed E-state index contributed by atoms with van der Waals surface area (Å²) in [4.78, 5) is 24.3. The van der Waals surface area contributed by atoms with Crippen LogP contribution in [0.4, 0.5) is 11.8 Å². The van der Waals surface area contributed by atoms with Gasteiger partial charge in [0.05, 0.1) is 16.1 Å². The Hall–Kier alpha value is -2.74. The third-order valence-electron chi connectivity index (χ3n) is 7.03. The van der Waals surface area contributed by atoms with E-state index in [1.807, 2.05) is 12.1 Å². The van der Waals surface area contributed by atoms with Crippen LogP contribution in [0.1, 0.15) is 43.1 Å². The molecule has 2 aromatic heterocycles. The monoisotopic (exact) mass is 449 g/mol. The Balaban J connectivity index is 1.23. The van der Waals surface area contributed by atoms with Gasteiger partial charge in [0.1, 0.15) is 23.7 Å². The van der Waals surface area contributed by atoms with Crippen LogP contribution in [-0.4, -0.2) is 46.8 Å². The fourth-order valence-corrected chi connectivity index (χ4v) is 6.42. The molecular formula is C24H27N5O2S. The number of nitrogens with zero attached hydrogens (tertiary/aromatic N) is 4. The molecule has 7 nitrogen and oxygen atoms in total. The fourth-order valence-electron chi connectivity index (χ4n) is 4.92. The van der Waals surface area contributed by atoms with Crippen LogP contribution in [0, 0.1) is 4.91 Å². The highest BCUT2D eigenvalue weighted by Gasteiger charge is 2.44. The first-order valence-corrected chi connectivity index (χ1v) is 12.9. The molecule has 1 atom stereocenters. The number of hydrogen-bond acceptors (Lipinski definition) is 7. The zero-order valence-electron chi connectivity index (χ0n) is 18.0. The van der Waals surface area contributed by atoms with Crippen LogP contribution in [0.2, 0.25) is 0 Å². The fraction of sp³-hybridized carbons (Fsp3) is 0.458. The van der Waals surface area contributed by atoms with Crippen LogP contribution in [0.25, 0.3) is 11.0 Å². The van der Waals surface area contributed by atoms with E-state index in [0.29, 0.717) is 5.92 Å². The van der Waals surface area contributed by atoms with E-state index in [-0.39, 0.29) is 22.6 Å². The summed E-state index contributed by atoms with van der Waals surface area (Å²) in [5.74, 6) is 8.54. The van der Waals surface area contributed by atoms with Crippen molar-refractivity contribution in [3.05, 3.63) is 46.7 Å². The van der Waals surface area contributed by atoms with E-state index in [4.69, 9.17) is 14.4 Å². The lowest BCUT2D eigenvalue weighted by molar-refractivity contribution is 0.419. The number of rotatable bonds is 6. The van der Waals surface area contributed by atoms with Crippen molar-refractivity contribution >= 4 is 39.1 Å². The number of anilines is 2. The second kappa shape index (κ2) is 7.69. The molecule has 1 aliphatic carbocycles. The Morgan fingerprint density at radius 2 is 2.06 bits per heavy atom. The van der Waals surface area contributed by atoms with Gasteiger partial charge in [0, 0.05) is 24.4 Å². The van der Waals surface area contributed by atoms with Crippen molar-refractivity contribution in [2.24, 2.45) is 5.18 Å². The zero-order valence-corrected chi connectivity index (χ0v) is 18.9. The minimum atomic E-state index is -0.220. The third-order valence-corrected chi connectivity index (χ3v) is 8.73. The molecule has 1 aromatic carbocycles. The first-order chi connectivity index (χ1) is 15.6. The molecule has 8 heteroatoms. The Morgan fingerprint density at radius 1 is 1.25 bits per heavy atom. The lowest BCUT2D eigenvalue weighted by Crippen LogP contribution is -2.35. The number of aromatic nitrogens is 2. The number of aryl methyl sites for hydroxylation is 1. The number of benzene rings is 1. The van der Waals surface area contributed by atoms with Crippen LogP contribution >= 0.6 is 10.5 Å². The summed E-state index contributed by atoms with van der Waals surface area (Å²) in [7, 11) is -0.0991.